The van der Waals surface area contributed by atoms with Crippen molar-refractivity contribution in [3.63, 3.8) is 0 Å². The van der Waals surface area contributed by atoms with Gasteiger partial charge in [0.25, 0.3) is 0 Å². The molecule has 0 saturated heterocycles. The minimum Gasteiger partial charge on any atom is -0.508 e. The lowest BCUT2D eigenvalue weighted by atomic mass is 10.2. The van der Waals surface area contributed by atoms with E-state index in [-0.39, 0.29) is 11.5 Å². The number of benzene rings is 1. The molecule has 0 saturated carbocycles. The van der Waals surface area contributed by atoms with Crippen LogP contribution in [-0.4, -0.2) is 10.2 Å². The second kappa shape index (κ2) is 3.30. The molecule has 2 nitrogen and oxygen atoms in total. The Morgan fingerprint density at radius 1 is 1.45 bits per heavy atom. The van der Waals surface area contributed by atoms with Crippen molar-refractivity contribution in [2.75, 3.05) is 0 Å². The molecule has 0 heterocycles. The Morgan fingerprint density at radius 2 is 2.18 bits per heavy atom. The number of aliphatic hydroxyl groups is 1. The maximum absolute atomic E-state index is 9.07. The summed E-state index contributed by atoms with van der Waals surface area (Å²) >= 11 is 5.25. The van der Waals surface area contributed by atoms with E-state index in [2.05, 4.69) is 0 Å². The van der Waals surface area contributed by atoms with Crippen LogP contribution in [0.2, 0.25) is 0 Å². The average molecular weight is 171 g/mol. The first kappa shape index (κ1) is 7.95. The van der Waals surface area contributed by atoms with Gasteiger partial charge in [-0.05, 0) is 12.1 Å². The van der Waals surface area contributed by atoms with Gasteiger partial charge in [0.2, 0.25) is 0 Å². The van der Waals surface area contributed by atoms with Crippen LogP contribution in [0.15, 0.2) is 29.8 Å². The van der Waals surface area contributed by atoms with E-state index in [9.17, 15) is 0 Å². The van der Waals surface area contributed by atoms with Crippen molar-refractivity contribution in [2.45, 2.75) is 0 Å². The molecular formula is C8H7ClO2. The van der Waals surface area contributed by atoms with Gasteiger partial charge in [-0.2, -0.15) is 0 Å². The van der Waals surface area contributed by atoms with Gasteiger partial charge in [0.15, 0.2) is 0 Å². The molecule has 0 aromatic heterocycles. The van der Waals surface area contributed by atoms with Crippen LogP contribution < -0.4 is 0 Å². The van der Waals surface area contributed by atoms with E-state index in [4.69, 9.17) is 21.8 Å². The minimum absolute atomic E-state index is 0.0532. The molecule has 1 rings (SSSR count). The highest BCUT2D eigenvalue weighted by atomic mass is 35.5. The molecule has 2 N–H and O–H groups in total. The molecule has 0 aliphatic heterocycles. The van der Waals surface area contributed by atoms with Gasteiger partial charge in [-0.1, -0.05) is 23.7 Å². The number of phenolic OH excluding ortho intramolecular Hbond substituents is 1. The number of halogens is 1. The number of hydrogen-bond acceptors (Lipinski definition) is 2. The van der Waals surface area contributed by atoms with Crippen LogP contribution in [0.4, 0.5) is 0 Å². The molecule has 0 amide bonds. The van der Waals surface area contributed by atoms with Crippen molar-refractivity contribution in [2.24, 2.45) is 0 Å². The Bertz CT molecular complexity index is 281. The Kier molecular flexibility index (Phi) is 2.39. The molecule has 0 fully saturated rings. The largest absolute Gasteiger partial charge is 0.508 e. The summed E-state index contributed by atoms with van der Waals surface area (Å²) in [6.07, 6.45) is 0. The molecule has 0 aliphatic rings. The van der Waals surface area contributed by atoms with Crippen molar-refractivity contribution in [3.8, 4) is 5.75 Å². The van der Waals surface area contributed by atoms with Gasteiger partial charge in [-0.15, -0.1) is 0 Å². The van der Waals surface area contributed by atoms with E-state index in [1.165, 1.54) is 12.1 Å². The smallest absolute Gasteiger partial charge is 0.134 e. The minimum atomic E-state index is -0.0532. The number of aliphatic hydroxyl groups excluding tert-OH is 1. The lowest BCUT2D eigenvalue weighted by molar-refractivity contribution is 0.473. The van der Waals surface area contributed by atoms with Crippen LogP contribution >= 0.6 is 11.6 Å². The van der Waals surface area contributed by atoms with E-state index in [0.29, 0.717) is 5.56 Å². The summed E-state index contributed by atoms with van der Waals surface area (Å²) in [6, 6.07) is 6.22. The summed E-state index contributed by atoms with van der Waals surface area (Å²) in [7, 11) is 0. The van der Waals surface area contributed by atoms with Crippen LogP contribution in [0.3, 0.4) is 0 Å². The zero-order valence-corrected chi connectivity index (χ0v) is 6.42. The Balaban J connectivity index is 3.06. The highest BCUT2D eigenvalue weighted by Gasteiger charge is 1.97. The Labute approximate surface area is 69.4 Å². The fourth-order valence-electron chi connectivity index (χ4n) is 0.728. The zero-order chi connectivity index (χ0) is 8.27. The third kappa shape index (κ3) is 1.88. The predicted molar refractivity (Wildman–Crippen MR) is 44.6 cm³/mol. The molecule has 0 bridgehead atoms. The zero-order valence-electron chi connectivity index (χ0n) is 5.66. The molecule has 11 heavy (non-hydrogen) atoms. The molecular weight excluding hydrogens is 164 g/mol. The first-order valence-corrected chi connectivity index (χ1v) is 3.46. The summed E-state index contributed by atoms with van der Waals surface area (Å²) in [5.74, 6) is 0.0510. The van der Waals surface area contributed by atoms with Crippen LogP contribution in [0.25, 0.3) is 5.76 Å². The summed E-state index contributed by atoms with van der Waals surface area (Å²) < 4.78 is 0. The van der Waals surface area contributed by atoms with Crippen LogP contribution in [0.5, 0.6) is 5.75 Å². The molecule has 1 aromatic rings. The molecule has 0 spiro atoms. The standard InChI is InChI=1S/C8H7ClO2/c9-5-8(11)6-2-1-3-7(10)4-6/h1-5,10-11H/b8-5-. The summed E-state index contributed by atoms with van der Waals surface area (Å²) in [5.41, 5.74) is 1.55. The quantitative estimate of drug-likeness (QED) is 0.636. The van der Waals surface area contributed by atoms with Gasteiger partial charge < -0.3 is 10.2 Å². The highest BCUT2D eigenvalue weighted by molar-refractivity contribution is 6.27. The molecule has 0 aliphatic carbocycles. The second-order valence-corrected chi connectivity index (χ2v) is 2.26. The molecule has 0 radical (unpaired) electrons. The van der Waals surface area contributed by atoms with E-state index >= 15 is 0 Å². The fraction of sp³-hybridized carbons (Fsp3) is 0. The predicted octanol–water partition coefficient (Wildman–Crippen LogP) is 2.49. The molecule has 58 valence electrons. The second-order valence-electron chi connectivity index (χ2n) is 2.04. The van der Waals surface area contributed by atoms with Gasteiger partial charge in [0, 0.05) is 11.1 Å². The monoisotopic (exact) mass is 170 g/mol. The lowest BCUT2D eigenvalue weighted by Crippen LogP contribution is -1.79. The topological polar surface area (TPSA) is 40.5 Å². The molecule has 1 aromatic carbocycles. The van der Waals surface area contributed by atoms with E-state index in [0.717, 1.165) is 5.54 Å². The maximum atomic E-state index is 9.07. The van der Waals surface area contributed by atoms with Gasteiger partial charge in [0.1, 0.15) is 11.5 Å². The number of rotatable bonds is 1. The summed E-state index contributed by atoms with van der Waals surface area (Å²) in [5, 5.41) is 18.0. The van der Waals surface area contributed by atoms with Crippen molar-refractivity contribution in [1.82, 2.24) is 0 Å². The van der Waals surface area contributed by atoms with Crippen molar-refractivity contribution in [1.29, 1.82) is 0 Å². The SMILES string of the molecule is O/C(=C\Cl)c1cccc(O)c1. The third-order valence-corrected chi connectivity index (χ3v) is 1.45. The van der Waals surface area contributed by atoms with Crippen molar-refractivity contribution >= 4 is 17.4 Å². The van der Waals surface area contributed by atoms with E-state index < -0.39 is 0 Å². The Morgan fingerprint density at radius 3 is 2.73 bits per heavy atom. The first-order chi connectivity index (χ1) is 5.24. The van der Waals surface area contributed by atoms with Crippen LogP contribution in [-0.2, 0) is 0 Å². The van der Waals surface area contributed by atoms with E-state index in [1.54, 1.807) is 12.1 Å². The van der Waals surface area contributed by atoms with Crippen LogP contribution in [0.1, 0.15) is 5.56 Å². The van der Waals surface area contributed by atoms with Gasteiger partial charge in [-0.25, -0.2) is 0 Å². The maximum Gasteiger partial charge on any atom is 0.134 e. The van der Waals surface area contributed by atoms with Gasteiger partial charge in [-0.3, -0.25) is 0 Å². The first-order valence-electron chi connectivity index (χ1n) is 3.03. The molecule has 0 atom stereocenters. The highest BCUT2D eigenvalue weighted by Crippen LogP contribution is 2.17. The third-order valence-electron chi connectivity index (χ3n) is 1.25. The van der Waals surface area contributed by atoms with Crippen molar-refractivity contribution < 1.29 is 10.2 Å². The average Bonchev–Trinajstić information content (AvgIpc) is 2.03. The van der Waals surface area contributed by atoms with Gasteiger partial charge in [0.05, 0.1) is 0 Å². The van der Waals surface area contributed by atoms with Gasteiger partial charge >= 0.3 is 0 Å². The van der Waals surface area contributed by atoms with E-state index in [1.807, 2.05) is 0 Å². The normalized spacial score (nSPS) is 11.5. The van der Waals surface area contributed by atoms with Crippen LogP contribution in [0, 0.1) is 0 Å². The number of aromatic hydroxyl groups is 1. The summed E-state index contributed by atoms with van der Waals surface area (Å²) in [4.78, 5) is 0. The number of hydrogen-bond donors (Lipinski definition) is 2. The molecule has 3 heteroatoms. The molecule has 0 unspecified atom stereocenters. The Hall–Kier alpha value is -1.15. The fourth-order valence-corrected chi connectivity index (χ4v) is 0.854. The summed E-state index contributed by atoms with van der Waals surface area (Å²) in [6.45, 7) is 0. The van der Waals surface area contributed by atoms with Crippen molar-refractivity contribution in [3.05, 3.63) is 35.4 Å². The lowest BCUT2D eigenvalue weighted by Gasteiger charge is -1.97. The number of phenols is 1.